The molecule has 3 nitrogen and oxygen atoms in total. The maximum atomic E-state index is 7.87. The van der Waals surface area contributed by atoms with Crippen LogP contribution in [0.4, 0.5) is 5.69 Å². The van der Waals surface area contributed by atoms with Crippen molar-refractivity contribution < 1.29 is 0 Å². The first-order valence-corrected chi connectivity index (χ1v) is 7.84. The molecule has 1 atom stereocenters. The minimum atomic E-state index is 0.155. The highest BCUT2D eigenvalue weighted by Gasteiger charge is 2.17. The number of anilines is 1. The lowest BCUT2D eigenvalue weighted by atomic mass is 10.1. The van der Waals surface area contributed by atoms with Crippen molar-refractivity contribution in [2.24, 2.45) is 5.73 Å². The maximum Gasteiger partial charge on any atom is 0.126 e. The van der Waals surface area contributed by atoms with E-state index in [-0.39, 0.29) is 5.84 Å². The number of hydrogen-bond acceptors (Lipinski definition) is 3. The van der Waals surface area contributed by atoms with Crippen LogP contribution in [0.15, 0.2) is 23.1 Å². The Hall–Kier alpha value is -1.16. The lowest BCUT2D eigenvalue weighted by Crippen LogP contribution is -2.31. The predicted molar refractivity (Wildman–Crippen MR) is 86.6 cm³/mol. The summed E-state index contributed by atoms with van der Waals surface area (Å²) in [4.78, 5) is 3.34. The Morgan fingerprint density at radius 1 is 1.42 bits per heavy atom. The number of hydrogen-bond donors (Lipinski definition) is 2. The number of nitrogens with one attached hydrogen (secondary N) is 1. The largest absolute Gasteiger partial charge is 0.384 e. The zero-order valence-electron chi connectivity index (χ0n) is 12.4. The fraction of sp³-hybridized carbons (Fsp3) is 0.533. The van der Waals surface area contributed by atoms with Crippen LogP contribution in [0.1, 0.15) is 39.2 Å². The van der Waals surface area contributed by atoms with Crippen molar-refractivity contribution in [3.8, 4) is 0 Å². The van der Waals surface area contributed by atoms with Crippen molar-refractivity contribution in [2.75, 3.05) is 17.7 Å². The molecule has 19 heavy (non-hydrogen) atoms. The number of benzene rings is 1. The molecule has 3 N–H and O–H groups in total. The van der Waals surface area contributed by atoms with Crippen LogP contribution < -0.4 is 10.6 Å². The van der Waals surface area contributed by atoms with Gasteiger partial charge in [-0.05, 0) is 31.2 Å². The maximum absolute atomic E-state index is 7.87. The summed E-state index contributed by atoms with van der Waals surface area (Å²) in [5, 5.41) is 7.87. The molecule has 0 fully saturated rings. The van der Waals surface area contributed by atoms with Crippen molar-refractivity contribution in [3.63, 3.8) is 0 Å². The minimum absolute atomic E-state index is 0.155. The van der Waals surface area contributed by atoms with E-state index in [0.29, 0.717) is 6.04 Å². The van der Waals surface area contributed by atoms with Gasteiger partial charge in [-0.15, -0.1) is 11.8 Å². The first kappa shape index (κ1) is 15.9. The molecule has 0 aliphatic heterocycles. The van der Waals surface area contributed by atoms with Crippen LogP contribution in [-0.4, -0.2) is 24.7 Å². The summed E-state index contributed by atoms with van der Waals surface area (Å²) in [5.74, 6) is 1.14. The van der Waals surface area contributed by atoms with Gasteiger partial charge in [0, 0.05) is 23.7 Å². The zero-order chi connectivity index (χ0) is 14.4. The molecule has 1 unspecified atom stereocenters. The molecule has 0 radical (unpaired) electrons. The van der Waals surface area contributed by atoms with Gasteiger partial charge in [0.1, 0.15) is 5.84 Å². The number of amidine groups is 1. The van der Waals surface area contributed by atoms with Crippen LogP contribution in [0.25, 0.3) is 0 Å². The second-order valence-electron chi connectivity index (χ2n) is 4.75. The minimum Gasteiger partial charge on any atom is -0.384 e. The lowest BCUT2D eigenvalue weighted by Gasteiger charge is -2.29. The van der Waals surface area contributed by atoms with E-state index in [0.717, 1.165) is 34.7 Å². The summed E-state index contributed by atoms with van der Waals surface area (Å²) in [7, 11) is 2.09. The van der Waals surface area contributed by atoms with E-state index in [1.165, 1.54) is 0 Å². The van der Waals surface area contributed by atoms with Gasteiger partial charge < -0.3 is 10.6 Å². The molecule has 0 aliphatic rings. The molecular formula is C15H25N3S. The monoisotopic (exact) mass is 279 g/mol. The smallest absolute Gasteiger partial charge is 0.126 e. The molecule has 0 saturated carbocycles. The van der Waals surface area contributed by atoms with Gasteiger partial charge in [0.05, 0.1) is 5.56 Å². The van der Waals surface area contributed by atoms with Gasteiger partial charge in [-0.2, -0.15) is 0 Å². The van der Waals surface area contributed by atoms with Crippen LogP contribution >= 0.6 is 11.8 Å². The van der Waals surface area contributed by atoms with E-state index in [2.05, 4.69) is 44.9 Å². The van der Waals surface area contributed by atoms with Gasteiger partial charge in [-0.1, -0.05) is 26.3 Å². The highest BCUT2D eigenvalue weighted by molar-refractivity contribution is 7.99. The molecule has 0 heterocycles. The van der Waals surface area contributed by atoms with E-state index in [4.69, 9.17) is 11.1 Å². The Balaban J connectivity index is 3.18. The molecule has 0 spiro atoms. The predicted octanol–water partition coefficient (Wildman–Crippen LogP) is 3.71. The van der Waals surface area contributed by atoms with Gasteiger partial charge in [0.15, 0.2) is 0 Å². The van der Waals surface area contributed by atoms with E-state index < -0.39 is 0 Å². The van der Waals surface area contributed by atoms with Crippen LogP contribution in [0.3, 0.4) is 0 Å². The first-order valence-electron chi connectivity index (χ1n) is 6.85. The lowest BCUT2D eigenvalue weighted by molar-refractivity contribution is 0.615. The number of nitrogens with two attached hydrogens (primary N) is 1. The normalized spacial score (nSPS) is 12.2. The van der Waals surface area contributed by atoms with E-state index >= 15 is 0 Å². The molecule has 1 aromatic rings. The molecule has 0 amide bonds. The van der Waals surface area contributed by atoms with Crippen molar-refractivity contribution in [1.82, 2.24) is 0 Å². The second kappa shape index (κ2) is 7.43. The van der Waals surface area contributed by atoms with Crippen LogP contribution in [0.2, 0.25) is 0 Å². The molecule has 0 aromatic heterocycles. The number of rotatable bonds is 7. The first-order chi connectivity index (χ1) is 9.02. The van der Waals surface area contributed by atoms with E-state index in [9.17, 15) is 0 Å². The summed E-state index contributed by atoms with van der Waals surface area (Å²) >= 11 is 1.74. The van der Waals surface area contributed by atoms with Gasteiger partial charge in [0.2, 0.25) is 0 Å². The van der Waals surface area contributed by atoms with Crippen LogP contribution in [0.5, 0.6) is 0 Å². The summed E-state index contributed by atoms with van der Waals surface area (Å²) in [6, 6.07) is 6.61. The third-order valence-corrected chi connectivity index (χ3v) is 4.26. The molecule has 0 aliphatic carbocycles. The number of thioether (sulfide) groups is 1. The molecule has 0 bridgehead atoms. The van der Waals surface area contributed by atoms with Crippen molar-refractivity contribution in [2.45, 2.75) is 44.6 Å². The summed E-state index contributed by atoms with van der Waals surface area (Å²) in [6.45, 7) is 6.53. The average Bonchev–Trinajstić information content (AvgIpc) is 2.38. The molecule has 1 aromatic carbocycles. The fourth-order valence-corrected chi connectivity index (χ4v) is 3.05. The van der Waals surface area contributed by atoms with E-state index in [1.54, 1.807) is 11.8 Å². The molecule has 0 saturated heterocycles. The summed E-state index contributed by atoms with van der Waals surface area (Å²) in [6.07, 6.45) is 2.29. The highest BCUT2D eigenvalue weighted by Crippen LogP contribution is 2.31. The topological polar surface area (TPSA) is 53.1 Å². The number of nitrogen functional groups attached to an aromatic ring is 1. The SMILES string of the molecule is CCCC(C)N(C)c1cccc(SCC)c1C(=N)N. The third-order valence-electron chi connectivity index (χ3n) is 3.32. The Bertz CT molecular complexity index is 431. The van der Waals surface area contributed by atoms with Gasteiger partial charge in [0.25, 0.3) is 0 Å². The van der Waals surface area contributed by atoms with Gasteiger partial charge >= 0.3 is 0 Å². The Morgan fingerprint density at radius 2 is 2.11 bits per heavy atom. The van der Waals surface area contributed by atoms with Crippen molar-refractivity contribution in [1.29, 1.82) is 5.41 Å². The van der Waals surface area contributed by atoms with Crippen molar-refractivity contribution >= 4 is 23.3 Å². The Labute approximate surface area is 121 Å². The molecular weight excluding hydrogens is 254 g/mol. The van der Waals surface area contributed by atoms with Crippen LogP contribution in [0, 0.1) is 5.41 Å². The Kier molecular flexibility index (Phi) is 6.22. The average molecular weight is 279 g/mol. The fourth-order valence-electron chi connectivity index (χ4n) is 2.21. The number of nitrogens with zero attached hydrogens (tertiary/aromatic N) is 1. The van der Waals surface area contributed by atoms with Gasteiger partial charge in [-0.25, -0.2) is 0 Å². The quantitative estimate of drug-likeness (QED) is 0.454. The third kappa shape index (κ3) is 3.90. The zero-order valence-corrected chi connectivity index (χ0v) is 13.2. The summed E-state index contributed by atoms with van der Waals surface area (Å²) < 4.78 is 0. The van der Waals surface area contributed by atoms with Crippen LogP contribution in [-0.2, 0) is 0 Å². The second-order valence-corrected chi connectivity index (χ2v) is 6.05. The van der Waals surface area contributed by atoms with E-state index in [1.807, 2.05) is 6.07 Å². The van der Waals surface area contributed by atoms with Crippen molar-refractivity contribution in [3.05, 3.63) is 23.8 Å². The molecule has 4 heteroatoms. The molecule has 1 rings (SSSR count). The highest BCUT2D eigenvalue weighted by atomic mass is 32.2. The van der Waals surface area contributed by atoms with Gasteiger partial charge in [-0.3, -0.25) is 5.41 Å². The molecule has 106 valence electrons. The Morgan fingerprint density at radius 3 is 2.63 bits per heavy atom. The summed E-state index contributed by atoms with van der Waals surface area (Å²) in [5.41, 5.74) is 7.74. The standard InChI is InChI=1S/C15H25N3S/c1-5-8-11(3)18(4)12-9-7-10-13(19-6-2)14(12)15(16)17/h7,9-11H,5-6,8H2,1-4H3,(H3,16,17).